The van der Waals surface area contributed by atoms with Crippen molar-refractivity contribution in [1.82, 2.24) is 9.97 Å². The first-order valence-corrected chi connectivity index (χ1v) is 11.1. The summed E-state index contributed by atoms with van der Waals surface area (Å²) in [4.78, 5) is 14.5. The number of aromatic nitrogens is 2. The van der Waals surface area contributed by atoms with Crippen LogP contribution in [-0.2, 0) is 0 Å². The molecule has 4 heteroatoms. The zero-order valence-corrected chi connectivity index (χ0v) is 17.2. The van der Waals surface area contributed by atoms with Crippen molar-refractivity contribution >= 4 is 33.2 Å². The molecular weight excluding hydrogens is 368 g/mol. The van der Waals surface area contributed by atoms with Gasteiger partial charge in [0.1, 0.15) is 0 Å². The lowest BCUT2D eigenvalue weighted by molar-refractivity contribution is 0.949. The number of pyridine rings is 2. The van der Waals surface area contributed by atoms with Crippen LogP contribution in [0.1, 0.15) is 25.7 Å². The predicted octanol–water partition coefficient (Wildman–Crippen LogP) is 5.65. The summed E-state index contributed by atoms with van der Waals surface area (Å²) in [5.74, 6) is 0. The average molecular weight is 395 g/mol. The van der Waals surface area contributed by atoms with Crippen molar-refractivity contribution < 1.29 is 0 Å². The SMILES string of the molecule is c1cc(-c2ccc(N3CCCC3)cc2)c2ccc3cc(N4CCCC4)cnc3c2n1. The van der Waals surface area contributed by atoms with E-state index in [9.17, 15) is 0 Å². The summed E-state index contributed by atoms with van der Waals surface area (Å²) >= 11 is 0. The standard InChI is InChI=1S/C26H26N4/c1-2-14-29(13-1)21-8-5-19(6-9-21)23-11-12-27-26-24(23)10-7-20-17-22(18-28-25(20)26)30-15-3-4-16-30/h5-12,17-18H,1-4,13-16H2. The fraction of sp³-hybridized carbons (Fsp3) is 0.308. The Hall–Kier alpha value is -3.14. The molecule has 2 aliphatic heterocycles. The first-order valence-electron chi connectivity index (χ1n) is 11.1. The summed E-state index contributed by atoms with van der Waals surface area (Å²) in [6, 6.07) is 17.8. The minimum Gasteiger partial charge on any atom is -0.372 e. The van der Waals surface area contributed by atoms with Gasteiger partial charge in [-0.1, -0.05) is 24.3 Å². The molecule has 0 radical (unpaired) electrons. The van der Waals surface area contributed by atoms with Crippen LogP contribution in [0.15, 0.2) is 60.9 Å². The number of anilines is 2. The van der Waals surface area contributed by atoms with Crippen molar-refractivity contribution in [1.29, 1.82) is 0 Å². The van der Waals surface area contributed by atoms with Crippen LogP contribution in [0.4, 0.5) is 11.4 Å². The maximum Gasteiger partial charge on any atom is 0.0970 e. The van der Waals surface area contributed by atoms with Crippen LogP contribution in [0.5, 0.6) is 0 Å². The Labute approximate surface area is 177 Å². The third kappa shape index (κ3) is 2.98. The van der Waals surface area contributed by atoms with Crippen LogP contribution in [0.25, 0.3) is 32.9 Å². The van der Waals surface area contributed by atoms with Crippen LogP contribution in [-0.4, -0.2) is 36.1 Å². The summed E-state index contributed by atoms with van der Waals surface area (Å²) in [7, 11) is 0. The molecule has 2 saturated heterocycles. The highest BCUT2D eigenvalue weighted by Gasteiger charge is 2.15. The monoisotopic (exact) mass is 394 g/mol. The van der Waals surface area contributed by atoms with Gasteiger partial charge in [0.2, 0.25) is 0 Å². The Kier molecular flexibility index (Phi) is 4.29. The Balaban J connectivity index is 1.41. The first kappa shape index (κ1) is 17.7. The zero-order chi connectivity index (χ0) is 19.9. The lowest BCUT2D eigenvalue weighted by atomic mass is 9.99. The Morgan fingerprint density at radius 3 is 2.07 bits per heavy atom. The molecule has 6 rings (SSSR count). The second-order valence-electron chi connectivity index (χ2n) is 8.52. The van der Waals surface area contributed by atoms with Gasteiger partial charge >= 0.3 is 0 Å². The lowest BCUT2D eigenvalue weighted by Gasteiger charge is -2.18. The molecule has 4 nitrogen and oxygen atoms in total. The molecule has 4 aromatic rings. The van der Waals surface area contributed by atoms with E-state index in [1.165, 1.54) is 72.0 Å². The minimum atomic E-state index is 0.988. The van der Waals surface area contributed by atoms with Gasteiger partial charge < -0.3 is 9.80 Å². The number of benzene rings is 2. The van der Waals surface area contributed by atoms with Crippen molar-refractivity contribution in [3.05, 3.63) is 60.9 Å². The van der Waals surface area contributed by atoms with E-state index in [-0.39, 0.29) is 0 Å². The molecule has 4 heterocycles. The van der Waals surface area contributed by atoms with Gasteiger partial charge in [-0.05, 0) is 61.1 Å². The molecule has 0 aliphatic carbocycles. The Bertz CT molecular complexity index is 1200. The fourth-order valence-corrected chi connectivity index (χ4v) is 5.03. The molecule has 0 atom stereocenters. The maximum atomic E-state index is 4.84. The molecule has 0 amide bonds. The van der Waals surface area contributed by atoms with Gasteiger partial charge in [0.25, 0.3) is 0 Å². The van der Waals surface area contributed by atoms with Crippen molar-refractivity contribution in [2.75, 3.05) is 36.0 Å². The van der Waals surface area contributed by atoms with E-state index >= 15 is 0 Å². The molecule has 0 unspecified atom stereocenters. The summed E-state index contributed by atoms with van der Waals surface area (Å²) in [5, 5.41) is 2.33. The van der Waals surface area contributed by atoms with Crippen LogP contribution < -0.4 is 9.80 Å². The Morgan fingerprint density at radius 2 is 1.33 bits per heavy atom. The summed E-state index contributed by atoms with van der Waals surface area (Å²) in [6.07, 6.45) is 9.09. The summed E-state index contributed by atoms with van der Waals surface area (Å²) in [6.45, 7) is 4.62. The molecule has 0 spiro atoms. The van der Waals surface area contributed by atoms with Crippen molar-refractivity contribution in [3.63, 3.8) is 0 Å². The normalized spacial score (nSPS) is 16.8. The quantitative estimate of drug-likeness (QED) is 0.420. The molecule has 30 heavy (non-hydrogen) atoms. The van der Waals surface area contributed by atoms with E-state index in [2.05, 4.69) is 58.3 Å². The molecule has 0 saturated carbocycles. The summed E-state index contributed by atoms with van der Waals surface area (Å²) < 4.78 is 0. The van der Waals surface area contributed by atoms with Crippen LogP contribution in [0.2, 0.25) is 0 Å². The van der Waals surface area contributed by atoms with Crippen molar-refractivity contribution in [3.8, 4) is 11.1 Å². The van der Waals surface area contributed by atoms with Gasteiger partial charge in [-0.25, -0.2) is 0 Å². The zero-order valence-electron chi connectivity index (χ0n) is 17.2. The molecular formula is C26H26N4. The van der Waals surface area contributed by atoms with Crippen molar-refractivity contribution in [2.45, 2.75) is 25.7 Å². The third-order valence-corrected chi connectivity index (χ3v) is 6.67. The molecule has 2 aromatic carbocycles. The summed E-state index contributed by atoms with van der Waals surface area (Å²) in [5.41, 5.74) is 7.00. The highest BCUT2D eigenvalue weighted by Crippen LogP contribution is 2.33. The fourth-order valence-electron chi connectivity index (χ4n) is 5.03. The second-order valence-corrected chi connectivity index (χ2v) is 8.52. The first-order chi connectivity index (χ1) is 14.9. The largest absolute Gasteiger partial charge is 0.372 e. The van der Waals surface area contributed by atoms with E-state index in [1.807, 2.05) is 12.4 Å². The van der Waals surface area contributed by atoms with E-state index in [0.29, 0.717) is 0 Å². The lowest BCUT2D eigenvalue weighted by Crippen LogP contribution is -2.17. The molecule has 0 bridgehead atoms. The highest BCUT2D eigenvalue weighted by molar-refractivity contribution is 6.08. The van der Waals surface area contributed by atoms with E-state index in [1.54, 1.807) is 0 Å². The number of fused-ring (bicyclic) bond motifs is 3. The maximum absolute atomic E-state index is 4.84. The molecule has 0 N–H and O–H groups in total. The number of nitrogens with zero attached hydrogens (tertiary/aromatic N) is 4. The average Bonchev–Trinajstić information content (AvgIpc) is 3.53. The van der Waals surface area contributed by atoms with Gasteiger partial charge in [-0.15, -0.1) is 0 Å². The van der Waals surface area contributed by atoms with Crippen LogP contribution >= 0.6 is 0 Å². The van der Waals surface area contributed by atoms with E-state index < -0.39 is 0 Å². The number of hydrogen-bond acceptors (Lipinski definition) is 4. The molecule has 2 aliphatic rings. The Morgan fingerprint density at radius 1 is 0.633 bits per heavy atom. The highest BCUT2D eigenvalue weighted by atomic mass is 15.1. The van der Waals surface area contributed by atoms with E-state index in [0.717, 1.165) is 24.1 Å². The van der Waals surface area contributed by atoms with Crippen LogP contribution in [0, 0.1) is 0 Å². The van der Waals surface area contributed by atoms with Crippen LogP contribution in [0.3, 0.4) is 0 Å². The van der Waals surface area contributed by atoms with E-state index in [4.69, 9.17) is 9.97 Å². The topological polar surface area (TPSA) is 32.3 Å². The minimum absolute atomic E-state index is 0.988. The molecule has 2 aromatic heterocycles. The number of rotatable bonds is 3. The smallest absolute Gasteiger partial charge is 0.0970 e. The number of hydrogen-bond donors (Lipinski definition) is 0. The van der Waals surface area contributed by atoms with Gasteiger partial charge in [0.05, 0.1) is 22.9 Å². The van der Waals surface area contributed by atoms with Gasteiger partial charge in [-0.2, -0.15) is 0 Å². The predicted molar refractivity (Wildman–Crippen MR) is 125 cm³/mol. The molecule has 150 valence electrons. The van der Waals surface area contributed by atoms with Gasteiger partial charge in [0, 0.05) is 48.8 Å². The van der Waals surface area contributed by atoms with Gasteiger partial charge in [0.15, 0.2) is 0 Å². The van der Waals surface area contributed by atoms with Gasteiger partial charge in [-0.3, -0.25) is 9.97 Å². The molecule has 2 fully saturated rings. The third-order valence-electron chi connectivity index (χ3n) is 6.67. The van der Waals surface area contributed by atoms with Crippen molar-refractivity contribution in [2.24, 2.45) is 0 Å². The second kappa shape index (κ2) is 7.28.